The highest BCUT2D eigenvalue weighted by atomic mass is 16.5. The Kier molecular flexibility index (Phi) is 3.19. The van der Waals surface area contributed by atoms with Gasteiger partial charge in [0.25, 0.3) is 5.91 Å². The van der Waals surface area contributed by atoms with Crippen molar-refractivity contribution in [3.05, 3.63) is 0 Å². The Balaban J connectivity index is 1.78. The average molecular weight is 225 g/mol. The van der Waals surface area contributed by atoms with E-state index in [2.05, 4.69) is 15.8 Å². The number of hydrogen-bond acceptors (Lipinski definition) is 4. The molecule has 1 heterocycles. The predicted octanol–water partition coefficient (Wildman–Crippen LogP) is -0.454. The van der Waals surface area contributed by atoms with Crippen LogP contribution in [0.1, 0.15) is 25.7 Å². The van der Waals surface area contributed by atoms with Gasteiger partial charge < -0.3 is 10.1 Å². The molecule has 0 aromatic carbocycles. The van der Waals surface area contributed by atoms with E-state index in [1.54, 1.807) is 7.11 Å². The second kappa shape index (κ2) is 4.61. The first-order valence-corrected chi connectivity index (χ1v) is 5.38. The van der Waals surface area contributed by atoms with Crippen molar-refractivity contribution in [3.8, 4) is 0 Å². The molecule has 6 heteroatoms. The normalized spacial score (nSPS) is 28.8. The fraction of sp³-hybridized carbons (Fsp3) is 0.700. The standard InChI is InChI=1S/C10H15N3O3/c1-16-7-4-6(5-7)11-10(15)8-2-3-9(14)13-12-8/h6-7H,2-5H2,1H3,(H,11,15)(H,13,14). The van der Waals surface area contributed by atoms with Gasteiger partial charge in [0.2, 0.25) is 5.91 Å². The maximum absolute atomic E-state index is 11.7. The first-order valence-electron chi connectivity index (χ1n) is 5.38. The molecule has 1 fully saturated rings. The quantitative estimate of drug-likeness (QED) is 0.682. The second-order valence-electron chi connectivity index (χ2n) is 4.09. The van der Waals surface area contributed by atoms with Gasteiger partial charge in [-0.05, 0) is 12.8 Å². The van der Waals surface area contributed by atoms with Gasteiger partial charge >= 0.3 is 0 Å². The van der Waals surface area contributed by atoms with Crippen molar-refractivity contribution in [1.82, 2.24) is 10.7 Å². The van der Waals surface area contributed by atoms with Gasteiger partial charge in [0.05, 0.1) is 6.10 Å². The third kappa shape index (κ3) is 2.38. The minimum atomic E-state index is -0.181. The summed E-state index contributed by atoms with van der Waals surface area (Å²) in [7, 11) is 1.67. The molecule has 0 unspecified atom stereocenters. The van der Waals surface area contributed by atoms with Crippen molar-refractivity contribution in [2.24, 2.45) is 5.10 Å². The van der Waals surface area contributed by atoms with Gasteiger partial charge in [-0.25, -0.2) is 5.43 Å². The molecule has 1 saturated carbocycles. The number of rotatable bonds is 3. The average Bonchev–Trinajstić information content (AvgIpc) is 2.23. The maximum atomic E-state index is 11.7. The van der Waals surface area contributed by atoms with Gasteiger partial charge in [0.1, 0.15) is 5.71 Å². The molecular formula is C10H15N3O3. The van der Waals surface area contributed by atoms with Crippen LogP contribution in [0, 0.1) is 0 Å². The van der Waals surface area contributed by atoms with Crippen LogP contribution in [0.3, 0.4) is 0 Å². The van der Waals surface area contributed by atoms with E-state index < -0.39 is 0 Å². The Morgan fingerprint density at radius 1 is 1.50 bits per heavy atom. The van der Waals surface area contributed by atoms with E-state index in [-0.39, 0.29) is 24.0 Å². The monoisotopic (exact) mass is 225 g/mol. The summed E-state index contributed by atoms with van der Waals surface area (Å²) in [6, 6.07) is 0.178. The van der Waals surface area contributed by atoms with Crippen LogP contribution in [0.25, 0.3) is 0 Å². The molecule has 1 aliphatic carbocycles. The van der Waals surface area contributed by atoms with Crippen molar-refractivity contribution in [3.63, 3.8) is 0 Å². The molecule has 2 N–H and O–H groups in total. The van der Waals surface area contributed by atoms with E-state index in [4.69, 9.17) is 4.74 Å². The zero-order chi connectivity index (χ0) is 11.5. The van der Waals surface area contributed by atoms with Crippen molar-refractivity contribution >= 4 is 17.5 Å². The summed E-state index contributed by atoms with van der Waals surface area (Å²) < 4.78 is 5.12. The number of hydrogen-bond donors (Lipinski definition) is 2. The molecule has 0 bridgehead atoms. The predicted molar refractivity (Wildman–Crippen MR) is 56.8 cm³/mol. The van der Waals surface area contributed by atoms with Gasteiger partial charge in [-0.2, -0.15) is 5.10 Å². The Labute approximate surface area is 93.4 Å². The Bertz CT molecular complexity index is 334. The number of carbonyl (C=O) groups is 2. The molecule has 0 atom stereocenters. The molecule has 88 valence electrons. The summed E-state index contributed by atoms with van der Waals surface area (Å²) >= 11 is 0. The zero-order valence-electron chi connectivity index (χ0n) is 9.16. The number of nitrogens with zero attached hydrogens (tertiary/aromatic N) is 1. The van der Waals surface area contributed by atoms with Crippen LogP contribution in [0.4, 0.5) is 0 Å². The molecular weight excluding hydrogens is 210 g/mol. The van der Waals surface area contributed by atoms with E-state index in [1.165, 1.54) is 0 Å². The van der Waals surface area contributed by atoms with Crippen molar-refractivity contribution in [1.29, 1.82) is 0 Å². The Morgan fingerprint density at radius 2 is 2.25 bits per heavy atom. The third-order valence-corrected chi connectivity index (χ3v) is 2.93. The maximum Gasteiger partial charge on any atom is 0.267 e. The highest BCUT2D eigenvalue weighted by Gasteiger charge is 2.31. The molecule has 2 aliphatic rings. The lowest BCUT2D eigenvalue weighted by atomic mass is 9.89. The molecule has 6 nitrogen and oxygen atoms in total. The van der Waals surface area contributed by atoms with Crippen LogP contribution >= 0.6 is 0 Å². The van der Waals surface area contributed by atoms with E-state index in [0.29, 0.717) is 18.6 Å². The van der Waals surface area contributed by atoms with Crippen molar-refractivity contribution in [2.75, 3.05) is 7.11 Å². The lowest BCUT2D eigenvalue weighted by molar-refractivity contribution is -0.121. The summed E-state index contributed by atoms with van der Waals surface area (Å²) in [5, 5.41) is 6.60. The van der Waals surface area contributed by atoms with Crippen LogP contribution in [-0.4, -0.2) is 36.8 Å². The van der Waals surface area contributed by atoms with E-state index in [9.17, 15) is 9.59 Å². The topological polar surface area (TPSA) is 79.8 Å². The molecule has 0 spiro atoms. The zero-order valence-corrected chi connectivity index (χ0v) is 9.16. The highest BCUT2D eigenvalue weighted by Crippen LogP contribution is 2.22. The summed E-state index contributed by atoms with van der Waals surface area (Å²) in [4.78, 5) is 22.5. The van der Waals surface area contributed by atoms with E-state index in [1.807, 2.05) is 0 Å². The lowest BCUT2D eigenvalue weighted by Gasteiger charge is -2.34. The summed E-state index contributed by atoms with van der Waals surface area (Å²) in [5.41, 5.74) is 2.71. The minimum Gasteiger partial charge on any atom is -0.381 e. The molecule has 2 amide bonds. The van der Waals surface area contributed by atoms with E-state index >= 15 is 0 Å². The summed E-state index contributed by atoms with van der Waals surface area (Å²) in [6.45, 7) is 0. The Morgan fingerprint density at radius 3 is 2.81 bits per heavy atom. The molecule has 0 aromatic heterocycles. The SMILES string of the molecule is COC1CC(NC(=O)C2=NNC(=O)CC2)C1. The number of nitrogens with one attached hydrogen (secondary N) is 2. The van der Waals surface area contributed by atoms with Gasteiger partial charge in [-0.15, -0.1) is 0 Å². The number of hydrazone groups is 1. The summed E-state index contributed by atoms with van der Waals surface area (Å²) in [5.74, 6) is -0.320. The van der Waals surface area contributed by atoms with Crippen LogP contribution in [0.2, 0.25) is 0 Å². The third-order valence-electron chi connectivity index (χ3n) is 2.93. The van der Waals surface area contributed by atoms with Crippen molar-refractivity contribution < 1.29 is 14.3 Å². The molecule has 1 aliphatic heterocycles. The van der Waals surface area contributed by atoms with Crippen molar-refractivity contribution in [2.45, 2.75) is 37.8 Å². The molecule has 2 rings (SSSR count). The first kappa shape index (κ1) is 11.1. The molecule has 0 aromatic rings. The lowest BCUT2D eigenvalue weighted by Crippen LogP contribution is -2.50. The van der Waals surface area contributed by atoms with Gasteiger partial charge in [0, 0.05) is 26.0 Å². The van der Waals surface area contributed by atoms with Gasteiger partial charge in [0.15, 0.2) is 0 Å². The number of ether oxygens (including phenoxy) is 1. The number of methoxy groups -OCH3 is 1. The fourth-order valence-electron chi connectivity index (χ4n) is 1.78. The highest BCUT2D eigenvalue weighted by molar-refractivity contribution is 6.39. The second-order valence-corrected chi connectivity index (χ2v) is 4.09. The van der Waals surface area contributed by atoms with Gasteiger partial charge in [-0.1, -0.05) is 0 Å². The summed E-state index contributed by atoms with van der Waals surface area (Å²) in [6.07, 6.45) is 2.71. The fourth-order valence-corrected chi connectivity index (χ4v) is 1.78. The van der Waals surface area contributed by atoms with Crippen LogP contribution in [0.15, 0.2) is 5.10 Å². The number of amides is 2. The molecule has 0 radical (unpaired) electrons. The van der Waals surface area contributed by atoms with Crippen LogP contribution in [-0.2, 0) is 14.3 Å². The van der Waals surface area contributed by atoms with Gasteiger partial charge in [-0.3, -0.25) is 9.59 Å². The largest absolute Gasteiger partial charge is 0.381 e. The molecule has 0 saturated heterocycles. The molecule has 16 heavy (non-hydrogen) atoms. The number of carbonyl (C=O) groups excluding carboxylic acids is 2. The van der Waals surface area contributed by atoms with E-state index in [0.717, 1.165) is 12.8 Å². The first-order chi connectivity index (χ1) is 7.69. The minimum absolute atomic E-state index is 0.139. The van der Waals surface area contributed by atoms with Crippen LogP contribution < -0.4 is 10.7 Å². The Hall–Kier alpha value is -1.43. The van der Waals surface area contributed by atoms with Crippen LogP contribution in [0.5, 0.6) is 0 Å². The smallest absolute Gasteiger partial charge is 0.267 e.